The molecule has 6 nitrogen and oxygen atoms in total. The van der Waals surface area contributed by atoms with Crippen molar-refractivity contribution < 1.29 is 18.3 Å². The van der Waals surface area contributed by atoms with E-state index in [1.165, 1.54) is 0 Å². The SMILES string of the molecule is CNC(CCO)CN1CCn2c(nnc2C(F)(F)F)C1. The maximum atomic E-state index is 12.7. The van der Waals surface area contributed by atoms with Gasteiger partial charge in [-0.25, -0.2) is 0 Å². The van der Waals surface area contributed by atoms with Crippen LogP contribution in [0.3, 0.4) is 0 Å². The number of aliphatic hydroxyl groups excluding tert-OH is 1. The predicted octanol–water partition coefficient (Wildman–Crippen LogP) is 0.0829. The Morgan fingerprint density at radius 2 is 2.10 bits per heavy atom. The molecule has 2 rings (SSSR count). The summed E-state index contributed by atoms with van der Waals surface area (Å²) in [5, 5.41) is 18.9. The normalized spacial score (nSPS) is 18.1. The molecule has 0 amide bonds. The molecule has 2 N–H and O–H groups in total. The Labute approximate surface area is 114 Å². The quantitative estimate of drug-likeness (QED) is 0.805. The Morgan fingerprint density at radius 1 is 1.35 bits per heavy atom. The number of likely N-dealkylation sites (N-methyl/N-ethyl adjacent to an activating group) is 1. The van der Waals surface area contributed by atoms with E-state index >= 15 is 0 Å². The van der Waals surface area contributed by atoms with Crippen molar-refractivity contribution in [2.24, 2.45) is 0 Å². The zero-order valence-electron chi connectivity index (χ0n) is 11.2. The average molecular weight is 293 g/mol. The number of hydrogen-bond donors (Lipinski definition) is 2. The highest BCUT2D eigenvalue weighted by Gasteiger charge is 2.39. The van der Waals surface area contributed by atoms with Crippen molar-refractivity contribution >= 4 is 0 Å². The van der Waals surface area contributed by atoms with Gasteiger partial charge in [0.1, 0.15) is 5.82 Å². The molecule has 0 saturated carbocycles. The first-order valence-corrected chi connectivity index (χ1v) is 6.45. The Balaban J connectivity index is 2.03. The fourth-order valence-corrected chi connectivity index (χ4v) is 2.37. The summed E-state index contributed by atoms with van der Waals surface area (Å²) >= 11 is 0. The minimum absolute atomic E-state index is 0.0771. The Bertz CT molecular complexity index is 448. The van der Waals surface area contributed by atoms with Gasteiger partial charge < -0.3 is 15.0 Å². The summed E-state index contributed by atoms with van der Waals surface area (Å²) in [6.07, 6.45) is -3.86. The van der Waals surface area contributed by atoms with Gasteiger partial charge >= 0.3 is 6.18 Å². The highest BCUT2D eigenvalue weighted by atomic mass is 19.4. The van der Waals surface area contributed by atoms with E-state index in [1.54, 1.807) is 7.05 Å². The summed E-state index contributed by atoms with van der Waals surface area (Å²) in [5.74, 6) is -0.588. The molecule has 0 spiro atoms. The van der Waals surface area contributed by atoms with Gasteiger partial charge in [-0.2, -0.15) is 13.2 Å². The third-order valence-electron chi connectivity index (χ3n) is 3.45. The highest BCUT2D eigenvalue weighted by molar-refractivity contribution is 5.02. The smallest absolute Gasteiger partial charge is 0.396 e. The van der Waals surface area contributed by atoms with Crippen LogP contribution in [0.25, 0.3) is 0 Å². The number of fused-ring (bicyclic) bond motifs is 1. The molecule has 0 aromatic carbocycles. The number of hydrogen-bond acceptors (Lipinski definition) is 5. The summed E-state index contributed by atoms with van der Waals surface area (Å²) in [5.41, 5.74) is 0. The van der Waals surface area contributed by atoms with Crippen LogP contribution < -0.4 is 5.32 Å². The first kappa shape index (κ1) is 15.2. The molecule has 1 atom stereocenters. The summed E-state index contributed by atoms with van der Waals surface area (Å²) in [6.45, 7) is 1.82. The number of alkyl halides is 3. The molecule has 1 aliphatic rings. The fraction of sp³-hybridized carbons (Fsp3) is 0.818. The van der Waals surface area contributed by atoms with Crippen LogP contribution in [-0.2, 0) is 19.3 Å². The van der Waals surface area contributed by atoms with Gasteiger partial charge in [0.05, 0.1) is 6.54 Å². The van der Waals surface area contributed by atoms with E-state index in [2.05, 4.69) is 15.5 Å². The summed E-state index contributed by atoms with van der Waals surface area (Å²) in [4.78, 5) is 2.01. The molecule has 0 radical (unpaired) electrons. The molecule has 1 aromatic heterocycles. The Kier molecular flexibility index (Phi) is 4.61. The summed E-state index contributed by atoms with van der Waals surface area (Å²) in [6, 6.07) is 0.108. The number of aromatic nitrogens is 3. The van der Waals surface area contributed by atoms with Crippen LogP contribution in [0.4, 0.5) is 13.2 Å². The Morgan fingerprint density at radius 3 is 2.70 bits per heavy atom. The van der Waals surface area contributed by atoms with Crippen molar-refractivity contribution in [3.8, 4) is 0 Å². The number of rotatable bonds is 5. The molecule has 2 heterocycles. The number of halogens is 3. The monoisotopic (exact) mass is 293 g/mol. The van der Waals surface area contributed by atoms with Gasteiger partial charge in [0.15, 0.2) is 0 Å². The van der Waals surface area contributed by atoms with E-state index < -0.39 is 12.0 Å². The van der Waals surface area contributed by atoms with Crippen LogP contribution in [0.2, 0.25) is 0 Å². The van der Waals surface area contributed by atoms with E-state index in [-0.39, 0.29) is 19.2 Å². The minimum Gasteiger partial charge on any atom is -0.396 e. The lowest BCUT2D eigenvalue weighted by molar-refractivity contribution is -0.148. The van der Waals surface area contributed by atoms with E-state index in [1.807, 2.05) is 4.90 Å². The number of aliphatic hydroxyl groups is 1. The van der Waals surface area contributed by atoms with Gasteiger partial charge in [-0.15, -0.1) is 10.2 Å². The molecule has 1 unspecified atom stereocenters. The molecule has 0 bridgehead atoms. The largest absolute Gasteiger partial charge is 0.451 e. The second-order valence-electron chi connectivity index (χ2n) is 4.82. The number of nitrogens with zero attached hydrogens (tertiary/aromatic N) is 4. The van der Waals surface area contributed by atoms with E-state index in [0.717, 1.165) is 4.57 Å². The minimum atomic E-state index is -4.46. The van der Waals surface area contributed by atoms with Gasteiger partial charge in [-0.3, -0.25) is 4.90 Å². The zero-order chi connectivity index (χ0) is 14.8. The van der Waals surface area contributed by atoms with Crippen LogP contribution in [0.1, 0.15) is 18.1 Å². The summed E-state index contributed by atoms with van der Waals surface area (Å²) < 4.78 is 39.2. The van der Waals surface area contributed by atoms with Crippen molar-refractivity contribution in [3.63, 3.8) is 0 Å². The third kappa shape index (κ3) is 3.28. The Hall–Kier alpha value is -1.19. The molecule has 114 valence electrons. The van der Waals surface area contributed by atoms with Crippen molar-refractivity contribution in [2.45, 2.75) is 31.7 Å². The van der Waals surface area contributed by atoms with Gasteiger partial charge in [0.2, 0.25) is 5.82 Å². The maximum absolute atomic E-state index is 12.7. The van der Waals surface area contributed by atoms with Crippen molar-refractivity contribution in [1.29, 1.82) is 0 Å². The van der Waals surface area contributed by atoms with Gasteiger partial charge in [0, 0.05) is 32.3 Å². The van der Waals surface area contributed by atoms with E-state index in [0.29, 0.717) is 31.9 Å². The van der Waals surface area contributed by atoms with E-state index in [4.69, 9.17) is 5.11 Å². The topological polar surface area (TPSA) is 66.2 Å². The number of nitrogens with one attached hydrogen (secondary N) is 1. The fourth-order valence-electron chi connectivity index (χ4n) is 2.37. The van der Waals surface area contributed by atoms with Crippen LogP contribution in [0, 0.1) is 0 Å². The maximum Gasteiger partial charge on any atom is 0.451 e. The molecular formula is C11H18F3N5O. The molecule has 20 heavy (non-hydrogen) atoms. The first-order valence-electron chi connectivity index (χ1n) is 6.45. The van der Waals surface area contributed by atoms with Crippen LogP contribution in [0.15, 0.2) is 0 Å². The second-order valence-corrected chi connectivity index (χ2v) is 4.82. The van der Waals surface area contributed by atoms with Crippen LogP contribution in [0.5, 0.6) is 0 Å². The first-order chi connectivity index (χ1) is 9.45. The molecule has 1 aliphatic heterocycles. The van der Waals surface area contributed by atoms with Gasteiger partial charge in [-0.05, 0) is 13.5 Å². The second kappa shape index (κ2) is 6.06. The lowest BCUT2D eigenvalue weighted by Gasteiger charge is -2.30. The van der Waals surface area contributed by atoms with Gasteiger partial charge in [-0.1, -0.05) is 0 Å². The standard InChI is InChI=1S/C11H18F3N5O/c1-15-8(2-5-20)6-18-3-4-19-9(7-18)16-17-10(19)11(12,13)14/h8,15,20H,2-7H2,1H3. The zero-order valence-corrected chi connectivity index (χ0v) is 11.2. The molecular weight excluding hydrogens is 275 g/mol. The lowest BCUT2D eigenvalue weighted by atomic mass is 10.2. The third-order valence-corrected chi connectivity index (χ3v) is 3.45. The predicted molar refractivity (Wildman–Crippen MR) is 64.9 cm³/mol. The van der Waals surface area contributed by atoms with Crippen molar-refractivity contribution in [3.05, 3.63) is 11.6 Å². The molecule has 0 saturated heterocycles. The van der Waals surface area contributed by atoms with Crippen LogP contribution >= 0.6 is 0 Å². The van der Waals surface area contributed by atoms with Crippen molar-refractivity contribution in [2.75, 3.05) is 26.7 Å². The van der Waals surface area contributed by atoms with Gasteiger partial charge in [0.25, 0.3) is 0 Å². The summed E-state index contributed by atoms with van der Waals surface area (Å²) in [7, 11) is 1.80. The lowest BCUT2D eigenvalue weighted by Crippen LogP contribution is -2.43. The molecule has 1 aromatic rings. The molecule has 0 fully saturated rings. The molecule has 9 heteroatoms. The van der Waals surface area contributed by atoms with Crippen LogP contribution in [-0.4, -0.2) is 57.6 Å². The van der Waals surface area contributed by atoms with E-state index in [9.17, 15) is 13.2 Å². The highest BCUT2D eigenvalue weighted by Crippen LogP contribution is 2.29. The van der Waals surface area contributed by atoms with Crippen molar-refractivity contribution in [1.82, 2.24) is 25.0 Å². The molecule has 0 aliphatic carbocycles. The average Bonchev–Trinajstić information content (AvgIpc) is 2.81.